The van der Waals surface area contributed by atoms with E-state index in [-0.39, 0.29) is 5.75 Å². The number of benzene rings is 1. The van der Waals surface area contributed by atoms with Crippen molar-refractivity contribution < 1.29 is 8.42 Å². The number of aliphatic imine (C=N–C) groups is 1. The van der Waals surface area contributed by atoms with E-state index in [4.69, 9.17) is 0 Å². The average Bonchev–Trinajstić information content (AvgIpc) is 2.50. The fourth-order valence-electron chi connectivity index (χ4n) is 1.98. The average molecular weight is 340 g/mol. The first-order chi connectivity index (χ1) is 10.7. The van der Waals surface area contributed by atoms with Crippen molar-refractivity contribution in [1.82, 2.24) is 10.6 Å². The van der Waals surface area contributed by atoms with Gasteiger partial charge in [0.15, 0.2) is 15.8 Å². The van der Waals surface area contributed by atoms with Gasteiger partial charge in [0.25, 0.3) is 0 Å². The lowest BCUT2D eigenvalue weighted by Crippen LogP contribution is -2.42. The summed E-state index contributed by atoms with van der Waals surface area (Å²) in [6.45, 7) is 8.37. The molecule has 130 valence electrons. The van der Waals surface area contributed by atoms with Crippen molar-refractivity contribution in [2.45, 2.75) is 38.4 Å². The van der Waals surface area contributed by atoms with E-state index in [1.54, 1.807) is 27.8 Å². The quantitative estimate of drug-likeness (QED) is 0.615. The predicted octanol–water partition coefficient (Wildman–Crippen LogP) is 2.17. The Balaban J connectivity index is 2.44. The van der Waals surface area contributed by atoms with Crippen molar-refractivity contribution in [3.8, 4) is 0 Å². The minimum absolute atomic E-state index is 0.0887. The van der Waals surface area contributed by atoms with Gasteiger partial charge in [0.2, 0.25) is 0 Å². The highest BCUT2D eigenvalue weighted by atomic mass is 32.2. The molecule has 0 aliphatic carbocycles. The van der Waals surface area contributed by atoms with Gasteiger partial charge in [-0.1, -0.05) is 37.3 Å². The zero-order chi connectivity index (χ0) is 17.5. The maximum Gasteiger partial charge on any atom is 0.191 e. The van der Waals surface area contributed by atoms with E-state index in [9.17, 15) is 8.42 Å². The summed E-state index contributed by atoms with van der Waals surface area (Å²) in [6.07, 6.45) is 0. The van der Waals surface area contributed by atoms with Crippen LogP contribution < -0.4 is 10.6 Å². The molecule has 1 unspecified atom stereocenters. The van der Waals surface area contributed by atoms with Crippen LogP contribution in [0.15, 0.2) is 35.3 Å². The molecule has 23 heavy (non-hydrogen) atoms. The van der Waals surface area contributed by atoms with Crippen LogP contribution in [0.4, 0.5) is 0 Å². The molecule has 1 atom stereocenters. The fraction of sp³-hybridized carbons (Fsp3) is 0.588. The SMILES string of the molecule is CN=C(NCCS(=O)(=O)C(C)(C)C)NCC(C)c1ccccc1. The molecular formula is C17H29N3O2S. The lowest BCUT2D eigenvalue weighted by atomic mass is 10.0. The van der Waals surface area contributed by atoms with Gasteiger partial charge in [0, 0.05) is 20.1 Å². The van der Waals surface area contributed by atoms with Crippen molar-refractivity contribution in [3.05, 3.63) is 35.9 Å². The van der Waals surface area contributed by atoms with Gasteiger partial charge in [-0.3, -0.25) is 4.99 Å². The van der Waals surface area contributed by atoms with Crippen LogP contribution in [0, 0.1) is 0 Å². The van der Waals surface area contributed by atoms with Gasteiger partial charge in [-0.2, -0.15) is 0 Å². The van der Waals surface area contributed by atoms with Crippen molar-refractivity contribution >= 4 is 15.8 Å². The minimum Gasteiger partial charge on any atom is -0.356 e. The Morgan fingerprint density at radius 3 is 2.30 bits per heavy atom. The van der Waals surface area contributed by atoms with E-state index in [2.05, 4.69) is 34.7 Å². The van der Waals surface area contributed by atoms with E-state index >= 15 is 0 Å². The zero-order valence-electron chi connectivity index (χ0n) is 14.8. The Morgan fingerprint density at radius 1 is 1.17 bits per heavy atom. The Kier molecular flexibility index (Phi) is 7.06. The smallest absolute Gasteiger partial charge is 0.191 e. The van der Waals surface area contributed by atoms with Crippen molar-refractivity contribution in [3.63, 3.8) is 0 Å². The molecule has 0 spiro atoms. The number of rotatable bonds is 6. The third kappa shape index (κ3) is 6.22. The van der Waals surface area contributed by atoms with Crippen LogP contribution in [0.3, 0.4) is 0 Å². The zero-order valence-corrected chi connectivity index (χ0v) is 15.6. The number of sulfone groups is 1. The molecule has 1 aromatic rings. The molecule has 0 saturated carbocycles. The summed E-state index contributed by atoms with van der Waals surface area (Å²) in [4.78, 5) is 4.14. The molecule has 1 aromatic carbocycles. The van der Waals surface area contributed by atoms with E-state index in [0.717, 1.165) is 6.54 Å². The molecular weight excluding hydrogens is 310 g/mol. The summed E-state index contributed by atoms with van der Waals surface area (Å²) in [7, 11) is -1.44. The van der Waals surface area contributed by atoms with Crippen molar-refractivity contribution in [1.29, 1.82) is 0 Å². The van der Waals surface area contributed by atoms with Gasteiger partial charge in [0.1, 0.15) is 0 Å². The summed E-state index contributed by atoms with van der Waals surface area (Å²) < 4.78 is 23.4. The number of guanidine groups is 1. The van der Waals surface area contributed by atoms with E-state index in [1.807, 2.05) is 18.2 Å². The fourth-order valence-corrected chi connectivity index (χ4v) is 2.96. The molecule has 5 nitrogen and oxygen atoms in total. The first kappa shape index (κ1) is 19.5. The normalized spacial score (nSPS) is 14.4. The summed E-state index contributed by atoms with van der Waals surface area (Å²) in [5.74, 6) is 1.05. The van der Waals surface area contributed by atoms with Gasteiger partial charge in [-0.25, -0.2) is 8.42 Å². The van der Waals surface area contributed by atoms with Crippen molar-refractivity contribution in [2.75, 3.05) is 25.9 Å². The third-order valence-corrected chi connectivity index (χ3v) is 6.37. The minimum atomic E-state index is -3.12. The second-order valence-corrected chi connectivity index (χ2v) is 9.49. The highest BCUT2D eigenvalue weighted by Crippen LogP contribution is 2.15. The predicted molar refractivity (Wildman–Crippen MR) is 97.8 cm³/mol. The lowest BCUT2D eigenvalue weighted by Gasteiger charge is -2.20. The molecule has 0 amide bonds. The molecule has 2 N–H and O–H groups in total. The van der Waals surface area contributed by atoms with Crippen LogP contribution in [0.25, 0.3) is 0 Å². The van der Waals surface area contributed by atoms with Crippen molar-refractivity contribution in [2.24, 2.45) is 4.99 Å². The summed E-state index contributed by atoms with van der Waals surface area (Å²) in [5.41, 5.74) is 1.26. The summed E-state index contributed by atoms with van der Waals surface area (Å²) in [6, 6.07) is 10.2. The molecule has 6 heteroatoms. The largest absolute Gasteiger partial charge is 0.356 e. The first-order valence-corrected chi connectivity index (χ1v) is 9.54. The maximum absolute atomic E-state index is 12.1. The summed E-state index contributed by atoms with van der Waals surface area (Å²) >= 11 is 0. The molecule has 0 saturated heterocycles. The third-order valence-electron chi connectivity index (χ3n) is 3.76. The first-order valence-electron chi connectivity index (χ1n) is 7.89. The van der Waals surface area contributed by atoms with E-state index in [1.165, 1.54) is 5.56 Å². The van der Waals surface area contributed by atoms with Crippen LogP contribution in [0.2, 0.25) is 0 Å². The Labute approximate surface area is 140 Å². The number of hydrogen-bond acceptors (Lipinski definition) is 3. The van der Waals surface area contributed by atoms with Gasteiger partial charge in [-0.05, 0) is 32.3 Å². The molecule has 0 bridgehead atoms. The maximum atomic E-state index is 12.1. The highest BCUT2D eigenvalue weighted by molar-refractivity contribution is 7.92. The summed E-state index contributed by atoms with van der Waals surface area (Å²) in [5, 5.41) is 6.30. The molecule has 0 aliphatic rings. The molecule has 0 heterocycles. The lowest BCUT2D eigenvalue weighted by molar-refractivity contribution is 0.559. The molecule has 0 fully saturated rings. The number of nitrogens with zero attached hydrogens (tertiary/aromatic N) is 1. The Hall–Kier alpha value is -1.56. The molecule has 0 radical (unpaired) electrons. The van der Waals surface area contributed by atoms with Crippen LogP contribution in [-0.4, -0.2) is 45.0 Å². The van der Waals surface area contributed by atoms with Gasteiger partial charge in [0.05, 0.1) is 10.5 Å². The Morgan fingerprint density at radius 2 is 1.78 bits per heavy atom. The Bertz CT molecular complexity index is 604. The van der Waals surface area contributed by atoms with Crippen LogP contribution in [-0.2, 0) is 9.84 Å². The van der Waals surface area contributed by atoms with E-state index < -0.39 is 14.6 Å². The van der Waals surface area contributed by atoms with Gasteiger partial charge < -0.3 is 10.6 Å². The number of hydrogen-bond donors (Lipinski definition) is 2. The second-order valence-electron chi connectivity index (χ2n) is 6.62. The monoisotopic (exact) mass is 339 g/mol. The van der Waals surface area contributed by atoms with E-state index in [0.29, 0.717) is 18.4 Å². The molecule has 0 aromatic heterocycles. The second kappa shape index (κ2) is 8.34. The topological polar surface area (TPSA) is 70.6 Å². The van der Waals surface area contributed by atoms with Crippen LogP contribution in [0.5, 0.6) is 0 Å². The number of nitrogens with one attached hydrogen (secondary N) is 2. The standard InChI is InChI=1S/C17H29N3O2S/c1-14(15-9-7-6-8-10-15)13-20-16(18-5)19-11-12-23(21,22)17(2,3)4/h6-10,14H,11-13H2,1-5H3,(H2,18,19,20). The highest BCUT2D eigenvalue weighted by Gasteiger charge is 2.28. The molecule has 0 aliphatic heterocycles. The van der Waals surface area contributed by atoms with Crippen LogP contribution >= 0.6 is 0 Å². The van der Waals surface area contributed by atoms with Crippen LogP contribution in [0.1, 0.15) is 39.2 Å². The van der Waals surface area contributed by atoms with Gasteiger partial charge in [-0.15, -0.1) is 0 Å². The van der Waals surface area contributed by atoms with Gasteiger partial charge >= 0.3 is 0 Å². The molecule has 1 rings (SSSR count).